The Hall–Kier alpha value is -1.51. The molecule has 2 rings (SSSR count). The summed E-state index contributed by atoms with van der Waals surface area (Å²) in [4.78, 5) is 12.4. The number of halogens is 1. The second-order valence-electron chi connectivity index (χ2n) is 8.66. The fraction of sp³-hybridized carbons (Fsp3) is 0.458. The number of ether oxygens (including phenoxy) is 2. The van der Waals surface area contributed by atoms with E-state index in [0.717, 1.165) is 15.7 Å². The SMILES string of the molecule is COCO[C@H](C[C@H](CBr)C(C)(C)C)C(O[SiH](c1ccccc1)c1ccccc1)C(=O)O. The first-order valence-electron chi connectivity index (χ1n) is 10.4. The summed E-state index contributed by atoms with van der Waals surface area (Å²) in [6, 6.07) is 19.7. The molecule has 0 amide bonds. The second kappa shape index (κ2) is 12.5. The lowest BCUT2D eigenvalue weighted by molar-refractivity contribution is -0.162. The molecule has 1 N–H and O–H groups in total. The maximum atomic E-state index is 12.4. The van der Waals surface area contributed by atoms with Gasteiger partial charge in [-0.1, -0.05) is 97.4 Å². The highest BCUT2D eigenvalue weighted by atomic mass is 79.9. The molecule has 3 atom stereocenters. The van der Waals surface area contributed by atoms with Crippen molar-refractivity contribution in [2.75, 3.05) is 19.2 Å². The lowest BCUT2D eigenvalue weighted by Gasteiger charge is -2.35. The highest BCUT2D eigenvalue weighted by molar-refractivity contribution is 9.09. The van der Waals surface area contributed by atoms with Crippen LogP contribution in [-0.2, 0) is 18.7 Å². The Balaban J connectivity index is 2.39. The minimum absolute atomic E-state index is 0.0137. The summed E-state index contributed by atoms with van der Waals surface area (Å²) in [5, 5.41) is 12.9. The third-order valence-corrected chi connectivity index (χ3v) is 8.72. The van der Waals surface area contributed by atoms with Crippen molar-refractivity contribution in [1.29, 1.82) is 0 Å². The number of carboxylic acid groups (broad SMARTS) is 1. The Kier molecular flexibility index (Phi) is 10.4. The average Bonchev–Trinajstić information content (AvgIpc) is 2.75. The van der Waals surface area contributed by atoms with Crippen molar-refractivity contribution in [3.63, 3.8) is 0 Å². The molecular formula is C24H33BrO5Si. The summed E-state index contributed by atoms with van der Waals surface area (Å²) in [6.07, 6.45) is -1.20. The van der Waals surface area contributed by atoms with Crippen LogP contribution in [0.2, 0.25) is 0 Å². The standard InChI is InChI=1S/C24H33BrO5Si/c1-24(2,3)18(16-25)15-21(29-17-28-4)22(23(26)27)30-31(19-11-7-5-8-12-19)20-13-9-6-10-14-20/h5-14,18,21-22,31H,15-17H2,1-4H3,(H,26,27)/t18-,21-,22?/m1/s1. The normalized spacial score (nSPS) is 14.9. The molecule has 0 aliphatic heterocycles. The predicted molar refractivity (Wildman–Crippen MR) is 130 cm³/mol. The van der Waals surface area contributed by atoms with Crippen molar-refractivity contribution >= 4 is 41.3 Å². The maximum Gasteiger partial charge on any atom is 0.334 e. The van der Waals surface area contributed by atoms with E-state index < -0.39 is 27.2 Å². The number of alkyl halides is 1. The van der Waals surface area contributed by atoms with E-state index in [9.17, 15) is 9.90 Å². The Bertz CT molecular complexity index is 742. The molecule has 5 nitrogen and oxygen atoms in total. The van der Waals surface area contributed by atoms with E-state index in [2.05, 4.69) is 36.7 Å². The van der Waals surface area contributed by atoms with Crippen LogP contribution in [0.5, 0.6) is 0 Å². The molecule has 0 heterocycles. The van der Waals surface area contributed by atoms with E-state index in [0.29, 0.717) is 6.42 Å². The van der Waals surface area contributed by atoms with Gasteiger partial charge in [-0.15, -0.1) is 0 Å². The van der Waals surface area contributed by atoms with Crippen molar-refractivity contribution in [2.45, 2.75) is 39.4 Å². The van der Waals surface area contributed by atoms with Crippen molar-refractivity contribution < 1.29 is 23.8 Å². The molecular weight excluding hydrogens is 476 g/mol. The molecule has 1 unspecified atom stereocenters. The van der Waals surface area contributed by atoms with E-state index in [1.54, 1.807) is 0 Å². The largest absolute Gasteiger partial charge is 0.479 e. The van der Waals surface area contributed by atoms with Gasteiger partial charge in [0.1, 0.15) is 6.79 Å². The zero-order chi connectivity index (χ0) is 22.9. The van der Waals surface area contributed by atoms with E-state index >= 15 is 0 Å². The number of hydrogen-bond donors (Lipinski definition) is 1. The van der Waals surface area contributed by atoms with Gasteiger partial charge >= 0.3 is 5.97 Å². The first-order valence-corrected chi connectivity index (χ1v) is 13.2. The molecule has 0 spiro atoms. The first kappa shape index (κ1) is 25.7. The topological polar surface area (TPSA) is 65.0 Å². The Morgan fingerprint density at radius 1 is 1.03 bits per heavy atom. The molecule has 0 saturated heterocycles. The Morgan fingerprint density at radius 2 is 1.55 bits per heavy atom. The van der Waals surface area contributed by atoms with Crippen LogP contribution in [-0.4, -0.2) is 51.6 Å². The molecule has 2 aromatic carbocycles. The minimum Gasteiger partial charge on any atom is -0.479 e. The van der Waals surface area contributed by atoms with Crippen LogP contribution < -0.4 is 10.4 Å². The molecule has 0 radical (unpaired) electrons. The number of carboxylic acids is 1. The van der Waals surface area contributed by atoms with Crippen LogP contribution >= 0.6 is 15.9 Å². The average molecular weight is 510 g/mol. The second-order valence-corrected chi connectivity index (χ2v) is 11.7. The van der Waals surface area contributed by atoms with Gasteiger partial charge in [0.05, 0.1) is 6.10 Å². The van der Waals surface area contributed by atoms with Gasteiger partial charge in [0.15, 0.2) is 6.10 Å². The summed E-state index contributed by atoms with van der Waals surface area (Å²) < 4.78 is 17.4. The fourth-order valence-corrected chi connectivity index (χ4v) is 7.08. The van der Waals surface area contributed by atoms with E-state index in [1.807, 2.05) is 60.7 Å². The molecule has 0 bridgehead atoms. The van der Waals surface area contributed by atoms with Crippen LogP contribution in [0.25, 0.3) is 0 Å². The monoisotopic (exact) mass is 508 g/mol. The van der Waals surface area contributed by atoms with Gasteiger partial charge in [-0.05, 0) is 28.1 Å². The van der Waals surface area contributed by atoms with Gasteiger partial charge in [-0.3, -0.25) is 0 Å². The number of hydrogen-bond acceptors (Lipinski definition) is 4. The Labute approximate surface area is 195 Å². The molecule has 0 aliphatic carbocycles. The maximum absolute atomic E-state index is 12.4. The zero-order valence-electron chi connectivity index (χ0n) is 18.7. The quantitative estimate of drug-likeness (QED) is 0.270. The van der Waals surface area contributed by atoms with E-state index in [4.69, 9.17) is 13.9 Å². The Morgan fingerprint density at radius 3 is 1.94 bits per heavy atom. The molecule has 7 heteroatoms. The third kappa shape index (κ3) is 7.84. The van der Waals surface area contributed by atoms with Gasteiger partial charge in [-0.2, -0.15) is 0 Å². The zero-order valence-corrected chi connectivity index (χ0v) is 21.4. The van der Waals surface area contributed by atoms with E-state index in [-0.39, 0.29) is 18.1 Å². The van der Waals surface area contributed by atoms with E-state index in [1.165, 1.54) is 7.11 Å². The van der Waals surface area contributed by atoms with Gasteiger partial charge < -0.3 is 19.0 Å². The molecule has 31 heavy (non-hydrogen) atoms. The fourth-order valence-electron chi connectivity index (χ4n) is 3.42. The van der Waals surface area contributed by atoms with Gasteiger partial charge in [0.25, 0.3) is 0 Å². The predicted octanol–water partition coefficient (Wildman–Crippen LogP) is 3.43. The van der Waals surface area contributed by atoms with Crippen LogP contribution in [0.3, 0.4) is 0 Å². The minimum atomic E-state index is -2.26. The molecule has 0 aromatic heterocycles. The highest BCUT2D eigenvalue weighted by Gasteiger charge is 2.37. The molecule has 0 aliphatic rings. The summed E-state index contributed by atoms with van der Waals surface area (Å²) in [5.41, 5.74) is -0.0169. The molecule has 2 aromatic rings. The van der Waals surface area contributed by atoms with Crippen molar-refractivity contribution in [1.82, 2.24) is 0 Å². The van der Waals surface area contributed by atoms with Crippen molar-refractivity contribution in [3.8, 4) is 0 Å². The number of benzene rings is 2. The first-order chi connectivity index (χ1) is 14.8. The lowest BCUT2D eigenvalue weighted by atomic mass is 9.78. The molecule has 170 valence electrons. The number of methoxy groups -OCH3 is 1. The number of rotatable bonds is 12. The lowest BCUT2D eigenvalue weighted by Crippen LogP contribution is -2.52. The van der Waals surface area contributed by atoms with Crippen LogP contribution in [0.15, 0.2) is 60.7 Å². The van der Waals surface area contributed by atoms with Crippen LogP contribution in [0.4, 0.5) is 0 Å². The summed E-state index contributed by atoms with van der Waals surface area (Å²) >= 11 is 3.59. The van der Waals surface area contributed by atoms with Gasteiger partial charge in [0, 0.05) is 12.4 Å². The number of carbonyl (C=O) groups is 1. The van der Waals surface area contributed by atoms with Gasteiger partial charge in [-0.25, -0.2) is 4.79 Å². The summed E-state index contributed by atoms with van der Waals surface area (Å²) in [5.74, 6) is -0.818. The van der Waals surface area contributed by atoms with Crippen LogP contribution in [0, 0.1) is 11.3 Å². The smallest absolute Gasteiger partial charge is 0.334 e. The van der Waals surface area contributed by atoms with Crippen molar-refractivity contribution in [2.24, 2.45) is 11.3 Å². The van der Waals surface area contributed by atoms with Crippen molar-refractivity contribution in [3.05, 3.63) is 60.7 Å². The summed E-state index contributed by atoms with van der Waals surface area (Å²) in [6.45, 7) is 6.46. The molecule has 0 fully saturated rings. The van der Waals surface area contributed by atoms with Crippen LogP contribution in [0.1, 0.15) is 27.2 Å². The number of aliphatic carboxylic acids is 1. The molecule has 0 saturated carbocycles. The highest BCUT2D eigenvalue weighted by Crippen LogP contribution is 2.33. The summed E-state index contributed by atoms with van der Waals surface area (Å²) in [7, 11) is -0.731. The van der Waals surface area contributed by atoms with Gasteiger partial charge in [0.2, 0.25) is 9.04 Å². The third-order valence-electron chi connectivity index (χ3n) is 5.40.